The SMILES string of the molecule is COCCOCCOC(=O)CN1CCC(N2CCN(C(=O)[C@@H](Cc3cc(C)c(O)c(C)c3)OC(=O)N3CCC(N4CCc5ccccc5NC4=O)CC3)CC2)CC1. The molecule has 4 aliphatic rings. The predicted octanol–water partition coefficient (Wildman–Crippen LogP) is 3.43. The van der Waals surface area contributed by atoms with Crippen LogP contribution in [0.25, 0.3) is 0 Å². The van der Waals surface area contributed by atoms with Gasteiger partial charge in [0.15, 0.2) is 6.10 Å². The number of para-hydroxylation sites is 1. The fraction of sp³-hybridized carbons (Fsp3) is 0.619. The Morgan fingerprint density at radius 2 is 1.49 bits per heavy atom. The van der Waals surface area contributed by atoms with Gasteiger partial charge in [-0.25, -0.2) is 9.59 Å². The molecule has 57 heavy (non-hydrogen) atoms. The van der Waals surface area contributed by atoms with Gasteiger partial charge < -0.3 is 44.1 Å². The number of aromatic hydroxyl groups is 1. The lowest BCUT2D eigenvalue weighted by Gasteiger charge is -2.43. The molecule has 0 aliphatic carbocycles. The van der Waals surface area contributed by atoms with Gasteiger partial charge in [0.1, 0.15) is 12.4 Å². The van der Waals surface area contributed by atoms with E-state index >= 15 is 0 Å². The molecule has 6 rings (SSSR count). The molecular weight excluding hydrogens is 732 g/mol. The zero-order chi connectivity index (χ0) is 40.3. The molecule has 2 aromatic rings. The number of aryl methyl sites for hydroxylation is 2. The lowest BCUT2D eigenvalue weighted by molar-refractivity contribution is -0.147. The maximum Gasteiger partial charge on any atom is 0.410 e. The smallest absolute Gasteiger partial charge is 0.410 e. The number of fused-ring (bicyclic) bond motifs is 1. The first kappa shape index (κ1) is 42.2. The predicted molar refractivity (Wildman–Crippen MR) is 213 cm³/mol. The minimum Gasteiger partial charge on any atom is -0.507 e. The number of carbonyl (C=O) groups excluding carboxylic acids is 4. The first-order valence-corrected chi connectivity index (χ1v) is 20.5. The van der Waals surface area contributed by atoms with Gasteiger partial charge in [0, 0.05) is 90.2 Å². The van der Waals surface area contributed by atoms with Crippen molar-refractivity contribution in [2.45, 2.75) is 70.6 Å². The van der Waals surface area contributed by atoms with E-state index < -0.39 is 12.2 Å². The monoisotopic (exact) mass is 792 g/mol. The van der Waals surface area contributed by atoms with Crippen LogP contribution in [0.5, 0.6) is 5.75 Å². The number of amides is 4. The minimum absolute atomic E-state index is 0.00855. The van der Waals surface area contributed by atoms with Crippen LogP contribution in [0, 0.1) is 13.8 Å². The molecule has 0 unspecified atom stereocenters. The summed E-state index contributed by atoms with van der Waals surface area (Å²) in [5, 5.41) is 13.4. The van der Waals surface area contributed by atoms with Gasteiger partial charge in [-0.3, -0.25) is 19.4 Å². The normalized spacial score (nSPS) is 19.4. The molecule has 15 heteroatoms. The highest BCUT2D eigenvalue weighted by molar-refractivity contribution is 5.91. The molecule has 1 atom stereocenters. The number of phenols is 1. The van der Waals surface area contributed by atoms with Gasteiger partial charge >= 0.3 is 18.1 Å². The van der Waals surface area contributed by atoms with Crippen molar-refractivity contribution in [1.82, 2.24) is 24.5 Å². The summed E-state index contributed by atoms with van der Waals surface area (Å²) < 4.78 is 21.7. The van der Waals surface area contributed by atoms with E-state index in [1.807, 2.05) is 55.1 Å². The van der Waals surface area contributed by atoms with Gasteiger partial charge in [-0.2, -0.15) is 0 Å². The van der Waals surface area contributed by atoms with Crippen LogP contribution in [0.1, 0.15) is 47.9 Å². The van der Waals surface area contributed by atoms with Crippen LogP contribution in [0.2, 0.25) is 0 Å². The number of phenolic OH excluding ortho intramolecular Hbond substituents is 1. The van der Waals surface area contributed by atoms with Gasteiger partial charge in [-0.05, 0) is 74.3 Å². The Morgan fingerprint density at radius 1 is 0.825 bits per heavy atom. The highest BCUT2D eigenvalue weighted by Gasteiger charge is 2.36. The molecule has 0 bridgehead atoms. The molecule has 0 radical (unpaired) electrons. The third kappa shape index (κ3) is 11.4. The first-order chi connectivity index (χ1) is 27.6. The molecule has 2 aromatic carbocycles. The lowest BCUT2D eigenvalue weighted by Crippen LogP contribution is -2.57. The molecule has 4 amide bonds. The van der Waals surface area contributed by atoms with Crippen LogP contribution in [0.3, 0.4) is 0 Å². The summed E-state index contributed by atoms with van der Waals surface area (Å²) in [5.41, 5.74) is 4.16. The molecule has 0 spiro atoms. The van der Waals surface area contributed by atoms with E-state index in [1.54, 1.807) is 16.9 Å². The Kier molecular flexibility index (Phi) is 15.0. The number of anilines is 1. The number of piperidine rings is 2. The second-order valence-electron chi connectivity index (χ2n) is 15.6. The van der Waals surface area contributed by atoms with E-state index in [0.29, 0.717) is 95.6 Å². The van der Waals surface area contributed by atoms with E-state index in [2.05, 4.69) is 15.1 Å². The maximum absolute atomic E-state index is 14.2. The summed E-state index contributed by atoms with van der Waals surface area (Å²) in [6, 6.07) is 11.8. The molecule has 0 saturated carbocycles. The summed E-state index contributed by atoms with van der Waals surface area (Å²) in [7, 11) is 1.61. The molecule has 0 aromatic heterocycles. The van der Waals surface area contributed by atoms with Crippen LogP contribution >= 0.6 is 0 Å². The van der Waals surface area contributed by atoms with Gasteiger partial charge in [0.25, 0.3) is 5.91 Å². The standard InChI is InChI=1S/C42H60N6O9/c1-30-26-32(27-31(2)39(30)50)28-37(57-42(53)47-15-11-35(12-16-47)48-17-8-33-6-4-5-7-36(33)43-41(48)52)40(51)46-20-18-45(19-21-46)34-9-13-44(14-10-34)29-38(49)56-25-24-55-23-22-54-3/h4-7,26-27,34-35,37,50H,8-25,28-29H2,1-3H3,(H,43,52)/t37-/m1/s1. The summed E-state index contributed by atoms with van der Waals surface area (Å²) in [5.74, 6) is -0.258. The highest BCUT2D eigenvalue weighted by Crippen LogP contribution is 2.27. The number of likely N-dealkylation sites (tertiary alicyclic amines) is 2. The Hall–Kier alpha value is -4.44. The number of benzene rings is 2. The summed E-state index contributed by atoms with van der Waals surface area (Å²) in [6.45, 7) is 10.9. The van der Waals surface area contributed by atoms with Crippen molar-refractivity contribution >= 4 is 29.7 Å². The van der Waals surface area contributed by atoms with Crippen molar-refractivity contribution in [2.24, 2.45) is 0 Å². The molecule has 3 fully saturated rings. The van der Waals surface area contributed by atoms with E-state index in [0.717, 1.165) is 49.2 Å². The van der Waals surface area contributed by atoms with Crippen molar-refractivity contribution < 1.29 is 43.2 Å². The fourth-order valence-corrected chi connectivity index (χ4v) is 8.49. The van der Waals surface area contributed by atoms with Crippen LogP contribution < -0.4 is 5.32 Å². The molecule has 15 nitrogen and oxygen atoms in total. The van der Waals surface area contributed by atoms with Crippen molar-refractivity contribution in [3.05, 3.63) is 58.7 Å². The van der Waals surface area contributed by atoms with Gasteiger partial charge in [0.2, 0.25) is 0 Å². The van der Waals surface area contributed by atoms with E-state index in [9.17, 15) is 24.3 Å². The van der Waals surface area contributed by atoms with Crippen molar-refractivity contribution in [3.8, 4) is 5.75 Å². The third-order valence-corrected chi connectivity index (χ3v) is 11.8. The third-order valence-electron chi connectivity index (χ3n) is 11.8. The van der Waals surface area contributed by atoms with Crippen LogP contribution in [-0.2, 0) is 41.4 Å². The molecule has 4 heterocycles. The number of nitrogens with one attached hydrogen (secondary N) is 1. The minimum atomic E-state index is -1.03. The average molecular weight is 793 g/mol. The van der Waals surface area contributed by atoms with Crippen molar-refractivity contribution in [2.75, 3.05) is 104 Å². The molecule has 4 aliphatic heterocycles. The summed E-state index contributed by atoms with van der Waals surface area (Å²) in [4.78, 5) is 63.3. The Morgan fingerprint density at radius 3 is 2.19 bits per heavy atom. The number of esters is 1. The molecular formula is C42H60N6O9. The zero-order valence-corrected chi connectivity index (χ0v) is 33.8. The second-order valence-corrected chi connectivity index (χ2v) is 15.6. The number of carbonyl (C=O) groups is 4. The average Bonchev–Trinajstić information content (AvgIpc) is 3.39. The fourth-order valence-electron chi connectivity index (χ4n) is 8.49. The number of nitrogens with zero attached hydrogens (tertiary/aromatic N) is 5. The maximum atomic E-state index is 14.2. The van der Waals surface area contributed by atoms with Crippen LogP contribution in [0.15, 0.2) is 36.4 Å². The largest absolute Gasteiger partial charge is 0.507 e. The van der Waals surface area contributed by atoms with Crippen LogP contribution in [-0.4, -0.2) is 171 Å². The Balaban J connectivity index is 0.992. The molecule has 2 N–H and O–H groups in total. The number of hydrogen-bond donors (Lipinski definition) is 2. The Labute approximate surface area is 336 Å². The van der Waals surface area contributed by atoms with E-state index in [4.69, 9.17) is 18.9 Å². The first-order valence-electron chi connectivity index (χ1n) is 20.5. The number of hydrogen-bond acceptors (Lipinski definition) is 11. The highest BCUT2D eigenvalue weighted by atomic mass is 16.6. The van der Waals surface area contributed by atoms with E-state index in [1.165, 1.54) is 0 Å². The quantitative estimate of drug-likeness (QED) is 0.214. The topological polar surface area (TPSA) is 154 Å². The van der Waals surface area contributed by atoms with Crippen molar-refractivity contribution in [3.63, 3.8) is 0 Å². The number of methoxy groups -OCH3 is 1. The lowest BCUT2D eigenvalue weighted by atomic mass is 10.00. The van der Waals surface area contributed by atoms with Crippen LogP contribution in [0.4, 0.5) is 15.3 Å². The number of piperazine rings is 1. The summed E-state index contributed by atoms with van der Waals surface area (Å²) in [6.07, 6.45) is 2.47. The number of rotatable bonds is 14. The van der Waals surface area contributed by atoms with Gasteiger partial charge in [0.05, 0.1) is 26.4 Å². The van der Waals surface area contributed by atoms with Crippen molar-refractivity contribution in [1.29, 1.82) is 0 Å². The zero-order valence-electron chi connectivity index (χ0n) is 33.8. The van der Waals surface area contributed by atoms with E-state index in [-0.39, 0.29) is 49.3 Å². The second kappa shape index (κ2) is 20.3. The molecule has 312 valence electrons. The number of urea groups is 1. The number of ether oxygens (including phenoxy) is 4. The van der Waals surface area contributed by atoms with Gasteiger partial charge in [-0.1, -0.05) is 30.3 Å². The molecule has 3 saturated heterocycles. The Bertz CT molecular complexity index is 1660. The van der Waals surface area contributed by atoms with Gasteiger partial charge in [-0.15, -0.1) is 0 Å². The summed E-state index contributed by atoms with van der Waals surface area (Å²) >= 11 is 0.